The molecule has 2 aromatic carbocycles. The molecule has 30 heavy (non-hydrogen) atoms. The van der Waals surface area contributed by atoms with Gasteiger partial charge in [-0.2, -0.15) is 0 Å². The van der Waals surface area contributed by atoms with Crippen LogP contribution in [0.5, 0.6) is 11.5 Å². The number of unbranched alkanes of at least 4 members (excludes halogenated alkanes) is 1. The molecule has 0 bridgehead atoms. The molecule has 162 valence electrons. The molecule has 0 heterocycles. The van der Waals surface area contributed by atoms with E-state index in [4.69, 9.17) is 18.9 Å². The summed E-state index contributed by atoms with van der Waals surface area (Å²) in [5.74, 6) is 1.17. The summed E-state index contributed by atoms with van der Waals surface area (Å²) in [4.78, 5) is 11.7. The Morgan fingerprint density at radius 3 is 2.33 bits per heavy atom. The summed E-state index contributed by atoms with van der Waals surface area (Å²) in [5, 5.41) is 0. The molecule has 0 aliphatic heterocycles. The monoisotopic (exact) mass is 412 g/mol. The smallest absolute Gasteiger partial charge is 0.330 e. The van der Waals surface area contributed by atoms with E-state index in [9.17, 15) is 4.79 Å². The van der Waals surface area contributed by atoms with Crippen LogP contribution in [0.3, 0.4) is 0 Å². The zero-order valence-corrected chi connectivity index (χ0v) is 18.2. The molecule has 0 aliphatic carbocycles. The van der Waals surface area contributed by atoms with Crippen molar-refractivity contribution in [2.45, 2.75) is 33.6 Å². The van der Waals surface area contributed by atoms with Crippen molar-refractivity contribution in [2.24, 2.45) is 0 Å². The molecule has 0 N–H and O–H groups in total. The van der Waals surface area contributed by atoms with Crippen LogP contribution in [-0.2, 0) is 14.3 Å². The van der Waals surface area contributed by atoms with Crippen LogP contribution in [-0.4, -0.2) is 39.0 Å². The van der Waals surface area contributed by atoms with E-state index in [1.165, 1.54) is 6.08 Å². The normalized spacial score (nSPS) is 10.9. The third kappa shape index (κ3) is 7.91. The Hall–Kier alpha value is -2.79. The van der Waals surface area contributed by atoms with Gasteiger partial charge in [-0.15, -0.1) is 0 Å². The van der Waals surface area contributed by atoms with E-state index in [-0.39, 0.29) is 5.97 Å². The van der Waals surface area contributed by atoms with Gasteiger partial charge in [-0.3, -0.25) is 0 Å². The summed E-state index contributed by atoms with van der Waals surface area (Å²) >= 11 is 0. The number of carbonyl (C=O) groups is 1. The molecule has 2 aromatic rings. The van der Waals surface area contributed by atoms with Crippen LogP contribution >= 0.6 is 0 Å². The second kappa shape index (κ2) is 13.4. The van der Waals surface area contributed by atoms with Gasteiger partial charge in [-0.1, -0.05) is 31.5 Å². The van der Waals surface area contributed by atoms with Crippen LogP contribution in [0.2, 0.25) is 0 Å². The SMILES string of the molecule is CCCCOCCOc1ccc(-c2ccc(OCC)c(/C=C/C(=O)OCC)c2)cc1. The van der Waals surface area contributed by atoms with E-state index < -0.39 is 0 Å². The molecule has 0 amide bonds. The molecule has 5 nitrogen and oxygen atoms in total. The lowest BCUT2D eigenvalue weighted by molar-refractivity contribution is -0.137. The van der Waals surface area contributed by atoms with Crippen molar-refractivity contribution < 1.29 is 23.7 Å². The highest BCUT2D eigenvalue weighted by Crippen LogP contribution is 2.29. The molecule has 0 atom stereocenters. The maximum Gasteiger partial charge on any atom is 0.330 e. The number of hydrogen-bond acceptors (Lipinski definition) is 5. The predicted molar refractivity (Wildman–Crippen MR) is 120 cm³/mol. The quantitative estimate of drug-likeness (QED) is 0.246. The first-order valence-electron chi connectivity index (χ1n) is 10.6. The Morgan fingerprint density at radius 1 is 0.867 bits per heavy atom. The lowest BCUT2D eigenvalue weighted by Gasteiger charge is -2.11. The fraction of sp³-hybridized carbons (Fsp3) is 0.400. The minimum atomic E-state index is -0.370. The van der Waals surface area contributed by atoms with Crippen molar-refractivity contribution in [3.8, 4) is 22.6 Å². The van der Waals surface area contributed by atoms with Gasteiger partial charge in [0.05, 0.1) is 19.8 Å². The van der Waals surface area contributed by atoms with E-state index in [0.717, 1.165) is 47.6 Å². The molecule has 5 heteroatoms. The Bertz CT molecular complexity index is 796. The number of rotatable bonds is 13. The van der Waals surface area contributed by atoms with Crippen molar-refractivity contribution in [1.82, 2.24) is 0 Å². The molecule has 0 saturated carbocycles. The van der Waals surface area contributed by atoms with Crippen molar-refractivity contribution in [1.29, 1.82) is 0 Å². The molecule has 0 spiro atoms. The number of benzene rings is 2. The second-order valence-corrected chi connectivity index (χ2v) is 6.61. The highest BCUT2D eigenvalue weighted by molar-refractivity contribution is 5.88. The summed E-state index contributed by atoms with van der Waals surface area (Å²) in [7, 11) is 0. The summed E-state index contributed by atoms with van der Waals surface area (Å²) < 4.78 is 21.9. The summed E-state index contributed by atoms with van der Waals surface area (Å²) in [6.45, 7) is 8.67. The van der Waals surface area contributed by atoms with E-state index in [1.807, 2.05) is 49.4 Å². The predicted octanol–water partition coefficient (Wildman–Crippen LogP) is 5.52. The minimum absolute atomic E-state index is 0.348. The van der Waals surface area contributed by atoms with Gasteiger partial charge in [0, 0.05) is 18.2 Å². The number of carbonyl (C=O) groups excluding carboxylic acids is 1. The summed E-state index contributed by atoms with van der Waals surface area (Å²) in [6.07, 6.45) is 5.36. The highest BCUT2D eigenvalue weighted by Gasteiger charge is 2.06. The van der Waals surface area contributed by atoms with Crippen molar-refractivity contribution in [3.05, 3.63) is 54.1 Å². The first-order valence-corrected chi connectivity index (χ1v) is 10.6. The highest BCUT2D eigenvalue weighted by atomic mass is 16.5. The van der Waals surface area contributed by atoms with Gasteiger partial charge < -0.3 is 18.9 Å². The number of ether oxygens (including phenoxy) is 4. The Balaban J connectivity index is 2.05. The average Bonchev–Trinajstić information content (AvgIpc) is 2.76. The van der Waals surface area contributed by atoms with Gasteiger partial charge in [0.25, 0.3) is 0 Å². The molecular weight excluding hydrogens is 380 g/mol. The van der Waals surface area contributed by atoms with Gasteiger partial charge in [-0.05, 0) is 61.7 Å². The first-order chi connectivity index (χ1) is 14.7. The molecule has 0 fully saturated rings. The average molecular weight is 413 g/mol. The van der Waals surface area contributed by atoms with Crippen molar-refractivity contribution in [3.63, 3.8) is 0 Å². The fourth-order valence-electron chi connectivity index (χ4n) is 2.80. The summed E-state index contributed by atoms with van der Waals surface area (Å²) in [6, 6.07) is 13.9. The molecule has 0 aromatic heterocycles. The molecule has 0 aliphatic rings. The van der Waals surface area contributed by atoms with Gasteiger partial charge in [0.2, 0.25) is 0 Å². The lowest BCUT2D eigenvalue weighted by atomic mass is 10.0. The van der Waals surface area contributed by atoms with Crippen LogP contribution in [0.4, 0.5) is 0 Å². The zero-order valence-electron chi connectivity index (χ0n) is 18.2. The largest absolute Gasteiger partial charge is 0.493 e. The Morgan fingerprint density at radius 2 is 1.63 bits per heavy atom. The molecular formula is C25H32O5. The lowest BCUT2D eigenvalue weighted by Crippen LogP contribution is -2.07. The molecule has 0 radical (unpaired) electrons. The Kier molecular flexibility index (Phi) is 10.5. The molecule has 0 saturated heterocycles. The van der Waals surface area contributed by atoms with Crippen LogP contribution in [0.1, 0.15) is 39.2 Å². The van der Waals surface area contributed by atoms with Gasteiger partial charge in [0.15, 0.2) is 0 Å². The van der Waals surface area contributed by atoms with Gasteiger partial charge in [0.1, 0.15) is 18.1 Å². The van der Waals surface area contributed by atoms with Crippen LogP contribution in [0.15, 0.2) is 48.5 Å². The number of esters is 1. The fourth-order valence-corrected chi connectivity index (χ4v) is 2.80. The van der Waals surface area contributed by atoms with E-state index in [0.29, 0.717) is 26.4 Å². The first kappa shape index (κ1) is 23.5. The van der Waals surface area contributed by atoms with E-state index in [1.54, 1.807) is 13.0 Å². The number of hydrogen-bond donors (Lipinski definition) is 0. The third-order valence-corrected chi connectivity index (χ3v) is 4.32. The zero-order chi connectivity index (χ0) is 21.6. The van der Waals surface area contributed by atoms with Crippen molar-refractivity contribution in [2.75, 3.05) is 33.0 Å². The molecule has 0 unspecified atom stereocenters. The molecule has 2 rings (SSSR count). The van der Waals surface area contributed by atoms with Crippen molar-refractivity contribution >= 4 is 12.0 Å². The topological polar surface area (TPSA) is 54.0 Å². The summed E-state index contributed by atoms with van der Waals surface area (Å²) in [5.41, 5.74) is 2.90. The van der Waals surface area contributed by atoms with E-state index in [2.05, 4.69) is 6.92 Å². The maximum atomic E-state index is 11.7. The third-order valence-electron chi connectivity index (χ3n) is 4.32. The van der Waals surface area contributed by atoms with Crippen LogP contribution in [0, 0.1) is 0 Å². The van der Waals surface area contributed by atoms with E-state index >= 15 is 0 Å². The second-order valence-electron chi connectivity index (χ2n) is 6.61. The van der Waals surface area contributed by atoms with Crippen LogP contribution < -0.4 is 9.47 Å². The van der Waals surface area contributed by atoms with Gasteiger partial charge in [-0.25, -0.2) is 4.79 Å². The Labute approximate surface area is 179 Å². The van der Waals surface area contributed by atoms with Crippen LogP contribution in [0.25, 0.3) is 17.2 Å². The standard InChI is InChI=1S/C25H32O5/c1-4-7-16-27-17-18-30-23-12-8-20(9-13-23)21-10-14-24(28-5-2)22(19-21)11-15-25(26)29-6-3/h8-15,19H,4-7,16-18H2,1-3H3/b15-11+. The maximum absolute atomic E-state index is 11.7. The minimum Gasteiger partial charge on any atom is -0.493 e. The van der Waals surface area contributed by atoms with Gasteiger partial charge >= 0.3 is 5.97 Å².